The predicted octanol–water partition coefficient (Wildman–Crippen LogP) is 2.70. The van der Waals surface area contributed by atoms with Gasteiger partial charge >= 0.3 is 5.97 Å². The Morgan fingerprint density at radius 2 is 2.13 bits per heavy atom. The van der Waals surface area contributed by atoms with E-state index in [1.165, 1.54) is 6.08 Å². The van der Waals surface area contributed by atoms with Crippen LogP contribution in [0.4, 0.5) is 0 Å². The molecule has 15 heavy (non-hydrogen) atoms. The van der Waals surface area contributed by atoms with Crippen molar-refractivity contribution in [1.29, 1.82) is 0 Å². The van der Waals surface area contributed by atoms with E-state index >= 15 is 0 Å². The number of hydrogen-bond acceptors (Lipinski definition) is 3. The molecular formula is C12H22O3. The first-order valence-electron chi connectivity index (χ1n) is 5.40. The van der Waals surface area contributed by atoms with Crippen LogP contribution in [0.25, 0.3) is 0 Å². The summed E-state index contributed by atoms with van der Waals surface area (Å²) in [6, 6.07) is 0. The summed E-state index contributed by atoms with van der Waals surface area (Å²) in [5.74, 6) is -0.371. The maximum absolute atomic E-state index is 11.1. The van der Waals surface area contributed by atoms with E-state index in [0.29, 0.717) is 13.0 Å². The molecule has 0 saturated heterocycles. The number of rotatable bonds is 7. The second-order valence-electron chi connectivity index (χ2n) is 4.10. The molecule has 0 aliphatic carbocycles. The summed E-state index contributed by atoms with van der Waals surface area (Å²) in [6.45, 7) is 11.9. The molecule has 0 rings (SSSR count). The van der Waals surface area contributed by atoms with Gasteiger partial charge in [0, 0.05) is 12.5 Å². The van der Waals surface area contributed by atoms with Crippen LogP contribution >= 0.6 is 0 Å². The van der Waals surface area contributed by atoms with Gasteiger partial charge in [-0.25, -0.2) is 4.79 Å². The van der Waals surface area contributed by atoms with Crippen molar-refractivity contribution >= 4 is 5.97 Å². The summed E-state index contributed by atoms with van der Waals surface area (Å²) in [4.78, 5) is 11.1. The molecule has 0 saturated carbocycles. The highest BCUT2D eigenvalue weighted by Gasteiger charge is 2.25. The normalized spacial score (nSPS) is 14.7. The van der Waals surface area contributed by atoms with E-state index in [2.05, 4.69) is 6.58 Å². The van der Waals surface area contributed by atoms with E-state index in [9.17, 15) is 4.79 Å². The standard InChI is InChI=1S/C12H22O3/c1-6-11(13)15-12(5,7-2)8-9-14-10(3)4/h6,10H,1,7-9H2,2-5H3. The molecule has 1 unspecified atom stereocenters. The van der Waals surface area contributed by atoms with Crippen LogP contribution in [0.2, 0.25) is 0 Å². The van der Waals surface area contributed by atoms with Gasteiger partial charge in [0.2, 0.25) is 0 Å². The lowest BCUT2D eigenvalue weighted by molar-refractivity contribution is -0.154. The molecule has 0 N–H and O–H groups in total. The Labute approximate surface area is 92.5 Å². The average molecular weight is 214 g/mol. The summed E-state index contributed by atoms with van der Waals surface area (Å²) >= 11 is 0. The Kier molecular flexibility index (Phi) is 6.25. The Balaban J connectivity index is 4.06. The van der Waals surface area contributed by atoms with Crippen molar-refractivity contribution in [1.82, 2.24) is 0 Å². The molecular weight excluding hydrogens is 192 g/mol. The highest BCUT2D eigenvalue weighted by atomic mass is 16.6. The SMILES string of the molecule is C=CC(=O)OC(C)(CC)CCOC(C)C. The topological polar surface area (TPSA) is 35.5 Å². The molecule has 3 heteroatoms. The fourth-order valence-electron chi connectivity index (χ4n) is 1.10. The van der Waals surface area contributed by atoms with Crippen molar-refractivity contribution in [2.75, 3.05) is 6.61 Å². The van der Waals surface area contributed by atoms with Crippen molar-refractivity contribution in [3.63, 3.8) is 0 Å². The fourth-order valence-corrected chi connectivity index (χ4v) is 1.10. The van der Waals surface area contributed by atoms with Crippen molar-refractivity contribution in [2.45, 2.75) is 52.2 Å². The molecule has 0 aromatic rings. The van der Waals surface area contributed by atoms with Crippen LogP contribution in [0.5, 0.6) is 0 Å². The first-order chi connectivity index (χ1) is 6.93. The summed E-state index contributed by atoms with van der Waals surface area (Å²) in [5, 5.41) is 0. The molecule has 0 bridgehead atoms. The van der Waals surface area contributed by atoms with E-state index in [4.69, 9.17) is 9.47 Å². The highest BCUT2D eigenvalue weighted by Crippen LogP contribution is 2.20. The van der Waals surface area contributed by atoms with Crippen LogP contribution < -0.4 is 0 Å². The first kappa shape index (κ1) is 14.2. The first-order valence-corrected chi connectivity index (χ1v) is 5.40. The minimum Gasteiger partial charge on any atom is -0.456 e. The molecule has 0 fully saturated rings. The Morgan fingerprint density at radius 3 is 2.53 bits per heavy atom. The Bertz CT molecular complexity index is 211. The molecule has 0 spiro atoms. The molecule has 88 valence electrons. The van der Waals surface area contributed by atoms with Gasteiger partial charge in [-0.2, -0.15) is 0 Å². The molecule has 1 atom stereocenters. The quantitative estimate of drug-likeness (QED) is 0.483. The fraction of sp³-hybridized carbons (Fsp3) is 0.750. The van der Waals surface area contributed by atoms with Crippen LogP contribution in [0, 0.1) is 0 Å². The number of ether oxygens (including phenoxy) is 2. The molecule has 3 nitrogen and oxygen atoms in total. The van der Waals surface area contributed by atoms with Crippen molar-refractivity contribution in [3.8, 4) is 0 Å². The van der Waals surface area contributed by atoms with E-state index < -0.39 is 5.60 Å². The number of carbonyl (C=O) groups is 1. The van der Waals surface area contributed by atoms with E-state index in [0.717, 1.165) is 6.42 Å². The summed E-state index contributed by atoms with van der Waals surface area (Å²) in [6.07, 6.45) is 2.88. The number of carbonyl (C=O) groups excluding carboxylic acids is 1. The third kappa shape index (κ3) is 6.28. The molecule has 0 heterocycles. The minimum atomic E-state index is -0.444. The van der Waals surface area contributed by atoms with E-state index in [1.54, 1.807) is 0 Å². The summed E-state index contributed by atoms with van der Waals surface area (Å²) in [7, 11) is 0. The highest BCUT2D eigenvalue weighted by molar-refractivity contribution is 5.81. The van der Waals surface area contributed by atoms with Gasteiger partial charge in [-0.05, 0) is 27.2 Å². The second kappa shape index (κ2) is 6.62. The van der Waals surface area contributed by atoms with E-state index in [1.807, 2.05) is 27.7 Å². The zero-order valence-electron chi connectivity index (χ0n) is 10.2. The van der Waals surface area contributed by atoms with Gasteiger partial charge in [0.1, 0.15) is 5.60 Å². The monoisotopic (exact) mass is 214 g/mol. The third-order valence-corrected chi connectivity index (χ3v) is 2.34. The zero-order valence-corrected chi connectivity index (χ0v) is 10.2. The minimum absolute atomic E-state index is 0.209. The van der Waals surface area contributed by atoms with Crippen LogP contribution in [0.3, 0.4) is 0 Å². The van der Waals surface area contributed by atoms with E-state index in [-0.39, 0.29) is 12.1 Å². The summed E-state index contributed by atoms with van der Waals surface area (Å²) < 4.78 is 10.7. The van der Waals surface area contributed by atoms with Gasteiger partial charge < -0.3 is 9.47 Å². The maximum atomic E-state index is 11.1. The lowest BCUT2D eigenvalue weighted by atomic mass is 9.99. The summed E-state index contributed by atoms with van der Waals surface area (Å²) in [5.41, 5.74) is -0.444. The molecule has 0 aromatic carbocycles. The lowest BCUT2D eigenvalue weighted by Gasteiger charge is -2.28. The number of hydrogen-bond donors (Lipinski definition) is 0. The molecule has 0 aromatic heterocycles. The van der Waals surface area contributed by atoms with Crippen molar-refractivity contribution in [3.05, 3.63) is 12.7 Å². The number of esters is 1. The van der Waals surface area contributed by atoms with Crippen molar-refractivity contribution in [2.24, 2.45) is 0 Å². The molecule has 0 amide bonds. The molecule has 0 radical (unpaired) electrons. The molecule has 0 aliphatic rings. The van der Waals surface area contributed by atoms with Gasteiger partial charge in [0.25, 0.3) is 0 Å². The molecule has 0 aliphatic heterocycles. The largest absolute Gasteiger partial charge is 0.456 e. The zero-order chi connectivity index (χ0) is 11.9. The van der Waals surface area contributed by atoms with Crippen LogP contribution in [-0.2, 0) is 14.3 Å². The maximum Gasteiger partial charge on any atom is 0.330 e. The van der Waals surface area contributed by atoms with Crippen LogP contribution in [0.15, 0.2) is 12.7 Å². The van der Waals surface area contributed by atoms with Gasteiger partial charge in [-0.1, -0.05) is 13.5 Å². The van der Waals surface area contributed by atoms with Crippen LogP contribution in [-0.4, -0.2) is 24.3 Å². The second-order valence-corrected chi connectivity index (χ2v) is 4.10. The average Bonchev–Trinajstić information content (AvgIpc) is 2.17. The smallest absolute Gasteiger partial charge is 0.330 e. The third-order valence-electron chi connectivity index (χ3n) is 2.34. The van der Waals surface area contributed by atoms with Gasteiger partial charge in [-0.15, -0.1) is 0 Å². The van der Waals surface area contributed by atoms with Gasteiger partial charge in [0.05, 0.1) is 12.7 Å². The predicted molar refractivity (Wildman–Crippen MR) is 60.7 cm³/mol. The van der Waals surface area contributed by atoms with Crippen LogP contribution in [0.1, 0.15) is 40.5 Å². The lowest BCUT2D eigenvalue weighted by Crippen LogP contribution is -2.32. The Morgan fingerprint density at radius 1 is 1.53 bits per heavy atom. The van der Waals surface area contributed by atoms with Gasteiger partial charge in [-0.3, -0.25) is 0 Å². The van der Waals surface area contributed by atoms with Gasteiger partial charge in [0.15, 0.2) is 0 Å². The Hall–Kier alpha value is -0.830. The van der Waals surface area contributed by atoms with Crippen molar-refractivity contribution < 1.29 is 14.3 Å².